The van der Waals surface area contributed by atoms with Crippen LogP contribution < -0.4 is 0 Å². The van der Waals surface area contributed by atoms with Crippen LogP contribution in [0.5, 0.6) is 0 Å². The second-order valence-electron chi connectivity index (χ2n) is 19.7. The van der Waals surface area contributed by atoms with E-state index in [-0.39, 0.29) is 16.2 Å². The number of hydrogen-bond acceptors (Lipinski definition) is 3. The fourth-order valence-corrected chi connectivity index (χ4v) is 11.2. The van der Waals surface area contributed by atoms with E-state index in [4.69, 9.17) is 15.0 Å². The van der Waals surface area contributed by atoms with E-state index in [0.717, 1.165) is 29.0 Å². The van der Waals surface area contributed by atoms with Gasteiger partial charge in [-0.15, -0.1) is 0 Å². The van der Waals surface area contributed by atoms with Gasteiger partial charge in [-0.1, -0.05) is 178 Å². The number of benzene rings is 6. The Morgan fingerprint density at radius 2 is 0.817 bits per heavy atom. The first-order chi connectivity index (χ1) is 28.8. The number of hydrogen-bond donors (Lipinski definition) is 0. The lowest BCUT2D eigenvalue weighted by Crippen LogP contribution is -2.18. The molecule has 10 rings (SSSR count). The summed E-state index contributed by atoms with van der Waals surface area (Å²) in [5, 5.41) is 0. The van der Waals surface area contributed by atoms with Crippen molar-refractivity contribution in [2.24, 2.45) is 11.8 Å². The first kappa shape index (κ1) is 38.5. The predicted molar refractivity (Wildman–Crippen MR) is 250 cm³/mol. The Hall–Kier alpha value is -5.67. The Balaban J connectivity index is 1.09. The number of aromatic nitrogens is 3. The van der Waals surface area contributed by atoms with Gasteiger partial charge in [0.25, 0.3) is 0 Å². The summed E-state index contributed by atoms with van der Waals surface area (Å²) in [4.78, 5) is 16.0. The molecule has 0 saturated carbocycles. The van der Waals surface area contributed by atoms with Crippen molar-refractivity contribution in [2.45, 2.75) is 104 Å². The average molecular weight is 784 g/mol. The van der Waals surface area contributed by atoms with Crippen molar-refractivity contribution in [1.82, 2.24) is 15.0 Å². The third kappa shape index (κ3) is 5.86. The minimum atomic E-state index is -0.157. The molecule has 0 fully saturated rings. The molecular weight excluding hydrogens is 727 g/mol. The Morgan fingerprint density at radius 1 is 0.417 bits per heavy atom. The highest BCUT2D eigenvalue weighted by atomic mass is 15.0. The van der Waals surface area contributed by atoms with Crippen LogP contribution >= 0.6 is 0 Å². The minimum absolute atomic E-state index is 0.133. The van der Waals surface area contributed by atoms with E-state index < -0.39 is 0 Å². The van der Waals surface area contributed by atoms with Gasteiger partial charge in [-0.05, 0) is 115 Å². The average Bonchev–Trinajstić information content (AvgIpc) is 3.74. The Bertz CT molecular complexity index is 2730. The highest BCUT2D eigenvalue weighted by Gasteiger charge is 2.39. The first-order valence-electron chi connectivity index (χ1n) is 22.3. The van der Waals surface area contributed by atoms with Crippen LogP contribution in [0, 0.1) is 11.8 Å². The molecule has 3 nitrogen and oxygen atoms in total. The van der Waals surface area contributed by atoms with Crippen molar-refractivity contribution >= 4 is 0 Å². The lowest BCUT2D eigenvalue weighted by Gasteiger charge is -2.26. The summed E-state index contributed by atoms with van der Waals surface area (Å²) in [5.74, 6) is 3.54. The highest BCUT2D eigenvalue weighted by molar-refractivity contribution is 5.86. The molecule has 2 unspecified atom stereocenters. The zero-order valence-electron chi connectivity index (χ0n) is 36.9. The van der Waals surface area contributed by atoms with E-state index in [1.807, 2.05) is 0 Å². The molecule has 60 heavy (non-hydrogen) atoms. The fourth-order valence-electron chi connectivity index (χ4n) is 11.2. The van der Waals surface area contributed by atoms with Gasteiger partial charge >= 0.3 is 0 Å². The van der Waals surface area contributed by atoms with Gasteiger partial charge in [0.15, 0.2) is 17.5 Å². The van der Waals surface area contributed by atoms with Crippen molar-refractivity contribution in [1.29, 1.82) is 0 Å². The summed E-state index contributed by atoms with van der Waals surface area (Å²) < 4.78 is 0. The molecule has 0 N–H and O–H groups in total. The van der Waals surface area contributed by atoms with Crippen LogP contribution in [0.4, 0.5) is 0 Å². The number of rotatable bonds is 9. The summed E-state index contributed by atoms with van der Waals surface area (Å²) >= 11 is 0. The largest absolute Gasteiger partial charge is 0.208 e. The van der Waals surface area contributed by atoms with E-state index in [1.165, 1.54) is 91.6 Å². The molecule has 0 spiro atoms. The van der Waals surface area contributed by atoms with Gasteiger partial charge in [0.1, 0.15) is 0 Å². The molecule has 3 aliphatic rings. The standard InChI is InChI=1S/C57H57N3/c1-10-16-34(2)35(3)23-24-36-17-15-20-45-44-30-27-39(33-50(44)57(8,9)51(36)45)54-59-52(37-25-28-42-40-18-11-13-21-46(40)55(4,5)48(42)31-37)58-53(60-54)38-26-29-43-41-19-12-14-22-47(41)56(6,7)49(43)32-38/h11-15,17-22,25-35H,10,16,23-24H2,1-9H3. The topological polar surface area (TPSA) is 38.7 Å². The second kappa shape index (κ2) is 13.9. The van der Waals surface area contributed by atoms with E-state index in [0.29, 0.717) is 23.4 Å². The van der Waals surface area contributed by atoms with Crippen LogP contribution in [0.1, 0.15) is 121 Å². The molecule has 3 heteroatoms. The maximum absolute atomic E-state index is 5.35. The summed E-state index contributed by atoms with van der Waals surface area (Å²) in [5.41, 5.74) is 20.2. The normalized spacial score (nSPS) is 16.6. The minimum Gasteiger partial charge on any atom is -0.208 e. The van der Waals surface area contributed by atoms with Crippen LogP contribution in [0.3, 0.4) is 0 Å². The maximum atomic E-state index is 5.35. The van der Waals surface area contributed by atoms with Gasteiger partial charge in [0.05, 0.1) is 0 Å². The van der Waals surface area contributed by atoms with Gasteiger partial charge in [-0.2, -0.15) is 0 Å². The van der Waals surface area contributed by atoms with Gasteiger partial charge < -0.3 is 0 Å². The molecule has 6 aromatic carbocycles. The van der Waals surface area contributed by atoms with Crippen molar-refractivity contribution in [3.63, 3.8) is 0 Å². The van der Waals surface area contributed by atoms with Crippen molar-refractivity contribution in [2.75, 3.05) is 0 Å². The molecule has 2 atom stereocenters. The zero-order chi connectivity index (χ0) is 41.7. The Kier molecular flexibility index (Phi) is 8.96. The summed E-state index contributed by atoms with van der Waals surface area (Å²) in [6.07, 6.45) is 4.87. The number of nitrogens with zero attached hydrogens (tertiary/aromatic N) is 3. The molecule has 1 heterocycles. The molecule has 1 aromatic heterocycles. The number of fused-ring (bicyclic) bond motifs is 9. The molecule has 0 saturated heterocycles. The predicted octanol–water partition coefficient (Wildman–Crippen LogP) is 14.8. The summed E-state index contributed by atoms with van der Waals surface area (Å²) in [6.45, 7) is 21.3. The Labute approximate surface area is 357 Å². The molecule has 0 amide bonds. The van der Waals surface area contributed by atoms with Crippen LogP contribution in [0.25, 0.3) is 67.5 Å². The van der Waals surface area contributed by atoms with Crippen molar-refractivity contribution in [3.05, 3.63) is 160 Å². The molecule has 0 aliphatic heterocycles. The van der Waals surface area contributed by atoms with E-state index >= 15 is 0 Å². The molecule has 0 radical (unpaired) electrons. The van der Waals surface area contributed by atoms with Gasteiger partial charge in [-0.25, -0.2) is 15.0 Å². The molecule has 7 aromatic rings. The van der Waals surface area contributed by atoms with Crippen LogP contribution in [0.2, 0.25) is 0 Å². The monoisotopic (exact) mass is 783 g/mol. The van der Waals surface area contributed by atoms with Crippen molar-refractivity contribution < 1.29 is 0 Å². The maximum Gasteiger partial charge on any atom is 0.164 e. The molecule has 3 aliphatic carbocycles. The molecular formula is C57H57N3. The fraction of sp³-hybridized carbons (Fsp3) is 0.316. The zero-order valence-corrected chi connectivity index (χ0v) is 36.9. The first-order valence-corrected chi connectivity index (χ1v) is 22.3. The van der Waals surface area contributed by atoms with Crippen LogP contribution in [-0.4, -0.2) is 15.0 Å². The smallest absolute Gasteiger partial charge is 0.164 e. The van der Waals surface area contributed by atoms with E-state index in [2.05, 4.69) is 184 Å². The van der Waals surface area contributed by atoms with Gasteiger partial charge in [0.2, 0.25) is 0 Å². The lowest BCUT2D eigenvalue weighted by atomic mass is 9.78. The molecule has 300 valence electrons. The number of aryl methyl sites for hydroxylation is 1. The van der Waals surface area contributed by atoms with Crippen LogP contribution in [0.15, 0.2) is 121 Å². The molecule has 0 bridgehead atoms. The third-order valence-corrected chi connectivity index (χ3v) is 14.9. The van der Waals surface area contributed by atoms with Gasteiger partial charge in [0, 0.05) is 32.9 Å². The van der Waals surface area contributed by atoms with E-state index in [1.54, 1.807) is 0 Å². The Morgan fingerprint density at radius 3 is 1.30 bits per heavy atom. The van der Waals surface area contributed by atoms with Crippen molar-refractivity contribution in [3.8, 4) is 67.5 Å². The van der Waals surface area contributed by atoms with Gasteiger partial charge in [-0.3, -0.25) is 0 Å². The highest BCUT2D eigenvalue weighted by Crippen LogP contribution is 2.53. The van der Waals surface area contributed by atoms with Crippen LogP contribution in [-0.2, 0) is 22.7 Å². The third-order valence-electron chi connectivity index (χ3n) is 14.9. The summed E-state index contributed by atoms with van der Waals surface area (Å²) in [7, 11) is 0. The second-order valence-corrected chi connectivity index (χ2v) is 19.7. The summed E-state index contributed by atoms with van der Waals surface area (Å²) in [6, 6.07) is 45.2. The SMILES string of the molecule is CCCC(C)C(C)CCc1cccc2c1C(C)(C)c1cc(-c3nc(-c4ccc5c(c4)C(C)(C)c4ccccc4-5)nc(-c4ccc5c(c4)C(C)(C)c4ccccc4-5)n3)ccc1-2. The quantitative estimate of drug-likeness (QED) is 0.146. The lowest BCUT2D eigenvalue weighted by molar-refractivity contribution is 0.341. The van der Waals surface area contributed by atoms with E-state index in [9.17, 15) is 0 Å².